The summed E-state index contributed by atoms with van der Waals surface area (Å²) in [6, 6.07) is 5.85. The summed E-state index contributed by atoms with van der Waals surface area (Å²) in [6.07, 6.45) is 0. The Labute approximate surface area is 92.1 Å². The smallest absolute Gasteiger partial charge is 0.133 e. The summed E-state index contributed by atoms with van der Waals surface area (Å²) in [7, 11) is 0. The lowest BCUT2D eigenvalue weighted by atomic mass is 10.2. The van der Waals surface area contributed by atoms with Gasteiger partial charge in [0.1, 0.15) is 12.4 Å². The normalized spacial score (nSPS) is 10.8. The molecule has 0 aliphatic carbocycles. The third kappa shape index (κ3) is 2.38. The van der Waals surface area contributed by atoms with Crippen LogP contribution in [0.25, 0.3) is 11.0 Å². The number of nitrogens with zero attached hydrogens (tertiary/aromatic N) is 1. The summed E-state index contributed by atoms with van der Waals surface area (Å²) in [5, 5.41) is 10.1. The highest BCUT2D eigenvalue weighted by Gasteiger charge is 2.02. The first-order valence-corrected chi connectivity index (χ1v) is 4.88. The van der Waals surface area contributed by atoms with E-state index < -0.39 is 12.6 Å². The molecule has 0 unspecified atom stereocenters. The van der Waals surface area contributed by atoms with Gasteiger partial charge in [0.2, 0.25) is 0 Å². The third-order valence-corrected chi connectivity index (χ3v) is 2.15. The van der Waals surface area contributed by atoms with Gasteiger partial charge in [-0.25, -0.2) is 4.98 Å². The number of carboxylic acids is 1. The Morgan fingerprint density at radius 1 is 1.56 bits per heavy atom. The lowest BCUT2D eigenvalue weighted by molar-refractivity contribution is -0.309. The minimum absolute atomic E-state index is 0.141. The van der Waals surface area contributed by atoms with Gasteiger partial charge in [0.15, 0.2) is 0 Å². The number of H-pyrrole nitrogens is 1. The highest BCUT2D eigenvalue weighted by atomic mass is 16.5. The number of nitrogens with one attached hydrogen (secondary N) is 1. The van der Waals surface area contributed by atoms with Gasteiger partial charge >= 0.3 is 0 Å². The Bertz CT molecular complexity index is 519. The van der Waals surface area contributed by atoms with E-state index in [-0.39, 0.29) is 6.61 Å². The number of fused-ring (bicyclic) bond motifs is 1. The molecule has 0 saturated heterocycles. The molecule has 0 spiro atoms. The van der Waals surface area contributed by atoms with Crippen LogP contribution in [0, 0.1) is 6.92 Å². The number of carbonyl (C=O) groups excluding carboxylic acids is 1. The van der Waals surface area contributed by atoms with Crippen LogP contribution in [0.3, 0.4) is 0 Å². The van der Waals surface area contributed by atoms with Crippen LogP contribution in [0.5, 0.6) is 0 Å². The molecule has 0 radical (unpaired) electrons. The maximum absolute atomic E-state index is 10.1. The second-order valence-electron chi connectivity index (χ2n) is 3.57. The van der Waals surface area contributed by atoms with Gasteiger partial charge < -0.3 is 19.6 Å². The molecule has 1 aromatic carbocycles. The van der Waals surface area contributed by atoms with Crippen molar-refractivity contribution in [3.05, 3.63) is 29.6 Å². The fourth-order valence-corrected chi connectivity index (χ4v) is 1.48. The molecule has 2 rings (SSSR count). The zero-order valence-electron chi connectivity index (χ0n) is 8.82. The number of aryl methyl sites for hydroxylation is 1. The zero-order chi connectivity index (χ0) is 11.5. The van der Waals surface area contributed by atoms with Gasteiger partial charge in [-0.1, -0.05) is 6.07 Å². The van der Waals surface area contributed by atoms with Gasteiger partial charge in [-0.2, -0.15) is 0 Å². The van der Waals surface area contributed by atoms with Crippen molar-refractivity contribution in [2.24, 2.45) is 0 Å². The van der Waals surface area contributed by atoms with Crippen molar-refractivity contribution in [1.82, 2.24) is 9.97 Å². The van der Waals surface area contributed by atoms with Crippen LogP contribution in [-0.2, 0) is 16.1 Å². The predicted octanol–water partition coefficient (Wildman–Crippen LogP) is 0.138. The van der Waals surface area contributed by atoms with Crippen molar-refractivity contribution in [3.8, 4) is 0 Å². The highest BCUT2D eigenvalue weighted by Crippen LogP contribution is 2.13. The van der Waals surface area contributed by atoms with Crippen LogP contribution >= 0.6 is 0 Å². The fourth-order valence-electron chi connectivity index (χ4n) is 1.48. The van der Waals surface area contributed by atoms with E-state index in [1.54, 1.807) is 0 Å². The SMILES string of the molecule is Cc1ccc2nc(COCC(=O)[O-])[nH]c2c1. The lowest BCUT2D eigenvalue weighted by Gasteiger charge is -2.01. The molecule has 5 nitrogen and oxygen atoms in total. The molecule has 1 heterocycles. The molecule has 2 aromatic rings. The topological polar surface area (TPSA) is 78.0 Å². The first-order chi connectivity index (χ1) is 7.65. The number of aliphatic carboxylic acids is 1. The summed E-state index contributed by atoms with van der Waals surface area (Å²) in [5.41, 5.74) is 2.91. The van der Waals surface area contributed by atoms with Gasteiger partial charge in [0.05, 0.1) is 23.6 Å². The van der Waals surface area contributed by atoms with E-state index in [4.69, 9.17) is 4.74 Å². The number of benzene rings is 1. The fraction of sp³-hybridized carbons (Fsp3) is 0.273. The van der Waals surface area contributed by atoms with Crippen molar-refractivity contribution in [2.45, 2.75) is 13.5 Å². The lowest BCUT2D eigenvalue weighted by Crippen LogP contribution is -2.27. The average Bonchev–Trinajstić information content (AvgIpc) is 2.58. The average molecular weight is 219 g/mol. The number of ether oxygens (including phenoxy) is 1. The standard InChI is InChI=1S/C11H12N2O3/c1-7-2-3-8-9(4-7)13-10(12-8)5-16-6-11(14)15/h2-4H,5-6H2,1H3,(H,12,13)(H,14,15)/p-1. The molecule has 1 N–H and O–H groups in total. The summed E-state index contributed by atoms with van der Waals surface area (Å²) in [4.78, 5) is 17.5. The molecule has 0 atom stereocenters. The molecule has 16 heavy (non-hydrogen) atoms. The van der Waals surface area contributed by atoms with Crippen molar-refractivity contribution < 1.29 is 14.6 Å². The van der Waals surface area contributed by atoms with E-state index in [1.165, 1.54) is 0 Å². The maximum Gasteiger partial charge on any atom is 0.133 e. The minimum Gasteiger partial charge on any atom is -0.548 e. The first-order valence-electron chi connectivity index (χ1n) is 4.88. The van der Waals surface area contributed by atoms with Gasteiger partial charge in [-0.3, -0.25) is 0 Å². The van der Waals surface area contributed by atoms with E-state index in [9.17, 15) is 9.90 Å². The van der Waals surface area contributed by atoms with Crippen molar-refractivity contribution in [1.29, 1.82) is 0 Å². The molecule has 0 amide bonds. The number of imidazole rings is 1. The van der Waals surface area contributed by atoms with Crippen molar-refractivity contribution in [2.75, 3.05) is 6.61 Å². The highest BCUT2D eigenvalue weighted by molar-refractivity contribution is 5.75. The van der Waals surface area contributed by atoms with Gasteiger partial charge in [-0.05, 0) is 24.6 Å². The van der Waals surface area contributed by atoms with E-state index in [1.807, 2.05) is 25.1 Å². The molecular formula is C11H11N2O3-. The number of hydrogen-bond acceptors (Lipinski definition) is 4. The number of aromatic nitrogens is 2. The van der Waals surface area contributed by atoms with Gasteiger partial charge in [0, 0.05) is 0 Å². The van der Waals surface area contributed by atoms with Crippen LogP contribution < -0.4 is 5.11 Å². The van der Waals surface area contributed by atoms with Crippen molar-refractivity contribution >= 4 is 17.0 Å². The molecule has 0 aliphatic heterocycles. The van der Waals surface area contributed by atoms with Crippen LogP contribution in [0.2, 0.25) is 0 Å². The number of hydrogen-bond donors (Lipinski definition) is 1. The number of aromatic amines is 1. The van der Waals surface area contributed by atoms with E-state index in [0.29, 0.717) is 5.82 Å². The summed E-state index contributed by atoms with van der Waals surface area (Å²) in [6.45, 7) is 1.71. The molecule has 84 valence electrons. The Morgan fingerprint density at radius 3 is 3.12 bits per heavy atom. The molecule has 1 aromatic heterocycles. The largest absolute Gasteiger partial charge is 0.548 e. The second kappa shape index (κ2) is 4.32. The molecular weight excluding hydrogens is 208 g/mol. The van der Waals surface area contributed by atoms with Crippen molar-refractivity contribution in [3.63, 3.8) is 0 Å². The number of carbonyl (C=O) groups is 1. The van der Waals surface area contributed by atoms with E-state index in [2.05, 4.69) is 9.97 Å². The Balaban J connectivity index is 2.10. The zero-order valence-corrected chi connectivity index (χ0v) is 8.82. The molecule has 0 aliphatic rings. The monoisotopic (exact) mass is 219 g/mol. The predicted molar refractivity (Wildman–Crippen MR) is 55.5 cm³/mol. The number of rotatable bonds is 4. The summed E-state index contributed by atoms with van der Waals surface area (Å²) >= 11 is 0. The van der Waals surface area contributed by atoms with E-state index >= 15 is 0 Å². The van der Waals surface area contributed by atoms with E-state index in [0.717, 1.165) is 16.6 Å². The molecule has 0 fully saturated rings. The molecule has 0 saturated carbocycles. The third-order valence-electron chi connectivity index (χ3n) is 2.15. The first kappa shape index (κ1) is 10.6. The van der Waals surface area contributed by atoms with Gasteiger partial charge in [0.25, 0.3) is 0 Å². The maximum atomic E-state index is 10.1. The summed E-state index contributed by atoms with van der Waals surface area (Å²) < 4.78 is 4.89. The quantitative estimate of drug-likeness (QED) is 0.793. The van der Waals surface area contributed by atoms with Crippen LogP contribution in [-0.4, -0.2) is 22.5 Å². The van der Waals surface area contributed by atoms with Crippen LogP contribution in [0.4, 0.5) is 0 Å². The second-order valence-corrected chi connectivity index (χ2v) is 3.57. The molecule has 0 bridgehead atoms. The van der Waals surface area contributed by atoms with Crippen LogP contribution in [0.15, 0.2) is 18.2 Å². The Morgan fingerprint density at radius 2 is 2.38 bits per heavy atom. The summed E-state index contributed by atoms with van der Waals surface area (Å²) in [5.74, 6) is -0.617. The minimum atomic E-state index is -1.23. The van der Waals surface area contributed by atoms with Crippen LogP contribution in [0.1, 0.15) is 11.4 Å². The molecule has 5 heteroatoms. The Hall–Kier alpha value is -1.88. The Kier molecular flexibility index (Phi) is 2.87. The van der Waals surface area contributed by atoms with Gasteiger partial charge in [-0.15, -0.1) is 0 Å². The number of carboxylic acid groups (broad SMARTS) is 1.